The van der Waals surface area contributed by atoms with Gasteiger partial charge in [-0.15, -0.1) is 0 Å². The van der Waals surface area contributed by atoms with E-state index in [1.54, 1.807) is 28.9 Å². The summed E-state index contributed by atoms with van der Waals surface area (Å²) in [5.41, 5.74) is 0.863. The van der Waals surface area contributed by atoms with E-state index < -0.39 is 16.1 Å². The Morgan fingerprint density at radius 2 is 1.87 bits per heavy atom. The Balaban J connectivity index is 1.50. The maximum atomic E-state index is 13.4. The minimum Gasteiger partial charge on any atom is -0.450 e. The van der Waals surface area contributed by atoms with Gasteiger partial charge in [-0.3, -0.25) is 4.79 Å². The highest BCUT2D eigenvalue weighted by atomic mass is 32.2. The summed E-state index contributed by atoms with van der Waals surface area (Å²) in [6.45, 7) is 3.78. The Bertz CT molecular complexity index is 1050. The maximum Gasteiger partial charge on any atom is 0.409 e. The smallest absolute Gasteiger partial charge is 0.409 e. The number of aromatic nitrogens is 2. The Morgan fingerprint density at radius 3 is 2.60 bits per heavy atom. The normalized spacial score (nSPS) is 20.6. The molecule has 2 saturated heterocycles. The maximum absolute atomic E-state index is 13.4. The monoisotopic (exact) mass is 453 g/mol. The van der Waals surface area contributed by atoms with Crippen molar-refractivity contribution in [2.75, 3.05) is 39.3 Å². The van der Waals surface area contributed by atoms with Gasteiger partial charge in [0.05, 0.1) is 18.3 Å². The van der Waals surface area contributed by atoms with Crippen molar-refractivity contribution >= 4 is 44.8 Å². The first kappa shape index (κ1) is 20.9. The molecule has 0 bridgehead atoms. The molecule has 2 aliphatic rings. The van der Waals surface area contributed by atoms with E-state index in [-0.39, 0.29) is 23.4 Å². The van der Waals surface area contributed by atoms with Gasteiger partial charge < -0.3 is 14.5 Å². The number of nitrogens with zero attached hydrogens (tertiary/aromatic N) is 5. The van der Waals surface area contributed by atoms with Gasteiger partial charge in [-0.25, -0.2) is 13.2 Å². The summed E-state index contributed by atoms with van der Waals surface area (Å²) in [6, 6.07) is 4.12. The highest BCUT2D eigenvalue weighted by Gasteiger charge is 2.42. The van der Waals surface area contributed by atoms with Crippen LogP contribution >= 0.6 is 11.7 Å². The van der Waals surface area contributed by atoms with Crippen molar-refractivity contribution in [3.8, 4) is 0 Å². The van der Waals surface area contributed by atoms with Gasteiger partial charge in [-0.2, -0.15) is 13.1 Å². The third-order valence-electron chi connectivity index (χ3n) is 5.44. The number of benzene rings is 1. The van der Waals surface area contributed by atoms with Crippen LogP contribution in [0.4, 0.5) is 4.79 Å². The van der Waals surface area contributed by atoms with Crippen LogP contribution in [-0.4, -0.2) is 88.6 Å². The van der Waals surface area contributed by atoms with Gasteiger partial charge in [0.1, 0.15) is 22.0 Å². The second kappa shape index (κ2) is 8.44. The molecule has 0 saturated carbocycles. The predicted molar refractivity (Wildman–Crippen MR) is 110 cm³/mol. The molecule has 0 spiro atoms. The number of carbonyl (C=O) groups is 2. The zero-order chi connectivity index (χ0) is 21.3. The first-order valence-electron chi connectivity index (χ1n) is 9.87. The van der Waals surface area contributed by atoms with E-state index >= 15 is 0 Å². The van der Waals surface area contributed by atoms with E-state index in [1.807, 2.05) is 0 Å². The fourth-order valence-corrected chi connectivity index (χ4v) is 6.33. The quantitative estimate of drug-likeness (QED) is 0.682. The predicted octanol–water partition coefficient (Wildman–Crippen LogP) is 1.15. The van der Waals surface area contributed by atoms with Gasteiger partial charge in [0.25, 0.3) is 0 Å². The van der Waals surface area contributed by atoms with E-state index in [0.29, 0.717) is 56.7 Å². The highest BCUT2D eigenvalue weighted by Crippen LogP contribution is 2.30. The first-order chi connectivity index (χ1) is 14.4. The number of piperazine rings is 1. The molecule has 0 radical (unpaired) electrons. The van der Waals surface area contributed by atoms with Crippen LogP contribution in [0, 0.1) is 0 Å². The number of sulfonamides is 1. The summed E-state index contributed by atoms with van der Waals surface area (Å²) in [7, 11) is -3.89. The van der Waals surface area contributed by atoms with Crippen LogP contribution < -0.4 is 0 Å². The molecule has 0 unspecified atom stereocenters. The van der Waals surface area contributed by atoms with Crippen LogP contribution in [0.3, 0.4) is 0 Å². The molecule has 2 aliphatic heterocycles. The van der Waals surface area contributed by atoms with Crippen molar-refractivity contribution in [2.45, 2.75) is 30.7 Å². The van der Waals surface area contributed by atoms with E-state index in [4.69, 9.17) is 4.74 Å². The zero-order valence-electron chi connectivity index (χ0n) is 16.6. The van der Waals surface area contributed by atoms with Crippen molar-refractivity contribution < 1.29 is 22.7 Å². The second-order valence-corrected chi connectivity index (χ2v) is 9.56. The fraction of sp³-hybridized carbons (Fsp3) is 0.556. The molecule has 2 aromatic rings. The fourth-order valence-electron chi connectivity index (χ4n) is 3.93. The molecule has 12 heteroatoms. The number of carbonyl (C=O) groups excluding carboxylic acids is 2. The van der Waals surface area contributed by atoms with E-state index in [0.717, 1.165) is 11.7 Å². The highest BCUT2D eigenvalue weighted by molar-refractivity contribution is 7.89. The van der Waals surface area contributed by atoms with Gasteiger partial charge in [-0.1, -0.05) is 6.07 Å². The molecular weight excluding hydrogens is 430 g/mol. The second-order valence-electron chi connectivity index (χ2n) is 7.17. The van der Waals surface area contributed by atoms with Crippen LogP contribution in [0.25, 0.3) is 11.0 Å². The SMILES string of the molecule is CCOC(=O)N1CCN(C(=O)[C@@H]2CCCN2S(=O)(=O)c2cccc3nsnc23)CC1. The zero-order valence-corrected chi connectivity index (χ0v) is 18.2. The largest absolute Gasteiger partial charge is 0.450 e. The van der Waals surface area contributed by atoms with Crippen molar-refractivity contribution in [1.82, 2.24) is 22.9 Å². The average Bonchev–Trinajstić information content (AvgIpc) is 3.43. The number of amides is 2. The van der Waals surface area contributed by atoms with Crippen molar-refractivity contribution in [3.05, 3.63) is 18.2 Å². The first-order valence-corrected chi connectivity index (χ1v) is 12.0. The lowest BCUT2D eigenvalue weighted by atomic mass is 10.2. The van der Waals surface area contributed by atoms with Crippen molar-refractivity contribution in [2.24, 2.45) is 0 Å². The molecule has 162 valence electrons. The van der Waals surface area contributed by atoms with Gasteiger partial charge >= 0.3 is 6.09 Å². The van der Waals surface area contributed by atoms with Crippen LogP contribution in [0.5, 0.6) is 0 Å². The van der Waals surface area contributed by atoms with Crippen LogP contribution in [-0.2, 0) is 19.6 Å². The molecule has 4 rings (SSSR count). The van der Waals surface area contributed by atoms with E-state index in [2.05, 4.69) is 8.75 Å². The summed E-state index contributed by atoms with van der Waals surface area (Å²) in [6.07, 6.45) is 0.699. The third-order valence-corrected chi connectivity index (χ3v) is 7.92. The molecular formula is C18H23N5O5S2. The summed E-state index contributed by atoms with van der Waals surface area (Å²) >= 11 is 0.961. The summed E-state index contributed by atoms with van der Waals surface area (Å²) in [5, 5.41) is 0. The molecule has 3 heterocycles. The lowest BCUT2D eigenvalue weighted by molar-refractivity contribution is -0.136. The van der Waals surface area contributed by atoms with Gasteiger partial charge in [0.15, 0.2) is 0 Å². The van der Waals surface area contributed by atoms with E-state index in [1.165, 1.54) is 10.4 Å². The minimum atomic E-state index is -3.89. The Labute approximate surface area is 178 Å². The molecule has 2 amide bonds. The van der Waals surface area contributed by atoms with Crippen LogP contribution in [0.15, 0.2) is 23.1 Å². The van der Waals surface area contributed by atoms with Crippen LogP contribution in [0.2, 0.25) is 0 Å². The summed E-state index contributed by atoms with van der Waals surface area (Å²) < 4.78 is 41.3. The molecule has 1 aromatic heterocycles. The lowest BCUT2D eigenvalue weighted by Gasteiger charge is -2.36. The number of hydrogen-bond donors (Lipinski definition) is 0. The average molecular weight is 454 g/mol. The molecule has 0 N–H and O–H groups in total. The standard InChI is InChI=1S/C18H23N5O5S2/c1-2-28-18(25)22-11-9-21(10-12-22)17(24)14-6-4-8-23(14)30(26,27)15-7-3-5-13-16(15)20-29-19-13/h3,5,7,14H,2,4,6,8-12H2,1H3/t14-/m0/s1. The molecule has 1 atom stereocenters. The van der Waals surface area contributed by atoms with Gasteiger partial charge in [0.2, 0.25) is 15.9 Å². The molecule has 1 aromatic carbocycles. The Morgan fingerprint density at radius 1 is 1.13 bits per heavy atom. The molecule has 0 aliphatic carbocycles. The van der Waals surface area contributed by atoms with Gasteiger partial charge in [-0.05, 0) is 31.9 Å². The molecule has 2 fully saturated rings. The Hall–Kier alpha value is -2.31. The number of rotatable bonds is 4. The summed E-state index contributed by atoms with van der Waals surface area (Å²) in [5.74, 6) is -0.219. The number of hydrogen-bond acceptors (Lipinski definition) is 8. The third kappa shape index (κ3) is 3.74. The summed E-state index contributed by atoms with van der Waals surface area (Å²) in [4.78, 5) is 28.3. The molecule has 30 heavy (non-hydrogen) atoms. The minimum absolute atomic E-state index is 0.0839. The Kier molecular flexibility index (Phi) is 5.89. The van der Waals surface area contributed by atoms with Crippen molar-refractivity contribution in [1.29, 1.82) is 0 Å². The number of ether oxygens (including phenoxy) is 1. The van der Waals surface area contributed by atoms with Crippen molar-refractivity contribution in [3.63, 3.8) is 0 Å². The topological polar surface area (TPSA) is 113 Å². The van der Waals surface area contributed by atoms with E-state index in [9.17, 15) is 18.0 Å². The van der Waals surface area contributed by atoms with Crippen LogP contribution in [0.1, 0.15) is 19.8 Å². The lowest BCUT2D eigenvalue weighted by Crippen LogP contribution is -2.55. The molecule has 10 nitrogen and oxygen atoms in total. The van der Waals surface area contributed by atoms with Gasteiger partial charge in [0, 0.05) is 32.7 Å². The number of fused-ring (bicyclic) bond motifs is 1.